The maximum atomic E-state index is 14.0. The van der Waals surface area contributed by atoms with Crippen LogP contribution in [0.15, 0.2) is 60.2 Å². The van der Waals surface area contributed by atoms with E-state index in [2.05, 4.69) is 37.5 Å². The minimum Gasteiger partial charge on any atom is -0.494 e. The van der Waals surface area contributed by atoms with Crippen molar-refractivity contribution >= 4 is 0 Å². The van der Waals surface area contributed by atoms with E-state index in [1.165, 1.54) is 37.7 Å². The average Bonchev–Trinajstić information content (AvgIpc) is 2.82. The Morgan fingerprint density at radius 1 is 0.688 bits per heavy atom. The second kappa shape index (κ2) is 14.9. The van der Waals surface area contributed by atoms with E-state index in [0.29, 0.717) is 17.7 Å². The van der Waals surface area contributed by atoms with Gasteiger partial charge in [0.15, 0.2) is 0 Å². The number of unbranched alkanes of at least 4 members (excludes halogenated alkanes) is 5. The lowest BCUT2D eigenvalue weighted by atomic mass is 10.0. The summed E-state index contributed by atoms with van der Waals surface area (Å²) >= 11 is 0. The van der Waals surface area contributed by atoms with E-state index in [0.717, 1.165) is 25.0 Å². The van der Waals surface area contributed by atoms with E-state index in [-0.39, 0.29) is 0 Å². The molecule has 0 radical (unpaired) electrons. The van der Waals surface area contributed by atoms with Gasteiger partial charge in [-0.2, -0.15) is 8.78 Å². The molecule has 2 aromatic rings. The highest BCUT2D eigenvalue weighted by molar-refractivity contribution is 5.46. The van der Waals surface area contributed by atoms with Crippen LogP contribution in [0.1, 0.15) is 75.5 Å². The van der Waals surface area contributed by atoms with Crippen molar-refractivity contribution in [1.29, 1.82) is 0 Å². The van der Waals surface area contributed by atoms with Crippen LogP contribution in [0.5, 0.6) is 5.75 Å². The largest absolute Gasteiger partial charge is 0.494 e. The Morgan fingerprint density at radius 3 is 1.78 bits per heavy atom. The minimum absolute atomic E-state index is 0.578. The quantitative estimate of drug-likeness (QED) is 0.272. The van der Waals surface area contributed by atoms with Crippen molar-refractivity contribution in [3.63, 3.8) is 0 Å². The molecule has 0 aliphatic rings. The highest BCUT2D eigenvalue weighted by Gasteiger charge is 2.00. The van der Waals surface area contributed by atoms with Gasteiger partial charge in [0.2, 0.25) is 11.7 Å². The Hall–Kier alpha value is -3.04. The summed E-state index contributed by atoms with van der Waals surface area (Å²) in [6.45, 7) is 4.96. The first kappa shape index (κ1) is 25.2. The van der Waals surface area contributed by atoms with Crippen molar-refractivity contribution in [3.05, 3.63) is 76.9 Å². The van der Waals surface area contributed by atoms with E-state index in [1.807, 2.05) is 24.3 Å². The molecule has 0 heterocycles. The molecule has 32 heavy (non-hydrogen) atoms. The molecule has 3 heteroatoms. The summed E-state index contributed by atoms with van der Waals surface area (Å²) in [7, 11) is 0. The first-order valence-electron chi connectivity index (χ1n) is 11.5. The highest BCUT2D eigenvalue weighted by atomic mass is 19.2. The predicted molar refractivity (Wildman–Crippen MR) is 129 cm³/mol. The summed E-state index contributed by atoms with van der Waals surface area (Å²) in [6.07, 6.45) is 9.29. The zero-order chi connectivity index (χ0) is 23.0. The molecule has 0 aromatic heterocycles. The fraction of sp³-hybridized carbons (Fsp3) is 0.379. The maximum absolute atomic E-state index is 14.0. The summed E-state index contributed by atoms with van der Waals surface area (Å²) in [4.78, 5) is 0. The monoisotopic (exact) mass is 434 g/mol. The number of ether oxygens (including phenoxy) is 1. The van der Waals surface area contributed by atoms with E-state index in [1.54, 1.807) is 24.3 Å². The van der Waals surface area contributed by atoms with E-state index in [4.69, 9.17) is 4.74 Å². The number of halogens is 2. The van der Waals surface area contributed by atoms with Crippen LogP contribution in [-0.4, -0.2) is 6.61 Å². The normalized spacial score (nSPS) is 11.0. The predicted octanol–water partition coefficient (Wildman–Crippen LogP) is 7.93. The zero-order valence-electron chi connectivity index (χ0n) is 19.1. The number of rotatable bonds is 10. The number of hydrogen-bond acceptors (Lipinski definition) is 1. The highest BCUT2D eigenvalue weighted by Crippen LogP contribution is 2.13. The molecule has 2 aromatic carbocycles. The Balaban J connectivity index is 1.90. The molecule has 0 aliphatic carbocycles. The minimum atomic E-state index is -1.16. The molecule has 0 fully saturated rings. The Morgan fingerprint density at radius 2 is 1.22 bits per heavy atom. The molecular weight excluding hydrogens is 402 g/mol. The molecule has 0 aliphatic heterocycles. The van der Waals surface area contributed by atoms with Gasteiger partial charge in [0, 0.05) is 11.1 Å². The van der Waals surface area contributed by atoms with Gasteiger partial charge in [0.1, 0.15) is 5.75 Å². The Labute approximate surface area is 191 Å². The van der Waals surface area contributed by atoms with Crippen LogP contribution in [0.3, 0.4) is 0 Å². The van der Waals surface area contributed by atoms with Crippen molar-refractivity contribution in [2.24, 2.45) is 0 Å². The van der Waals surface area contributed by atoms with E-state index in [9.17, 15) is 8.78 Å². The summed E-state index contributed by atoms with van der Waals surface area (Å²) in [5, 5.41) is 0. The van der Waals surface area contributed by atoms with Crippen LogP contribution in [-0.2, 0) is 6.42 Å². The van der Waals surface area contributed by atoms with Crippen molar-refractivity contribution in [2.45, 2.75) is 65.2 Å². The molecule has 0 saturated carbocycles. The Bertz CT molecular complexity index is 964. The number of benzene rings is 2. The van der Waals surface area contributed by atoms with Crippen LogP contribution < -0.4 is 4.74 Å². The van der Waals surface area contributed by atoms with Crippen LogP contribution >= 0.6 is 0 Å². The van der Waals surface area contributed by atoms with Crippen LogP contribution in [0.2, 0.25) is 0 Å². The molecule has 0 amide bonds. The second-order valence-corrected chi connectivity index (χ2v) is 7.72. The zero-order valence-corrected chi connectivity index (χ0v) is 19.1. The maximum Gasteiger partial charge on any atom is 0.217 e. The molecule has 0 spiro atoms. The van der Waals surface area contributed by atoms with Gasteiger partial charge < -0.3 is 4.74 Å². The van der Waals surface area contributed by atoms with Crippen molar-refractivity contribution < 1.29 is 13.5 Å². The third-order valence-electron chi connectivity index (χ3n) is 4.97. The van der Waals surface area contributed by atoms with E-state index < -0.39 is 11.7 Å². The van der Waals surface area contributed by atoms with Crippen molar-refractivity contribution in [1.82, 2.24) is 0 Å². The fourth-order valence-electron chi connectivity index (χ4n) is 3.02. The Kier molecular flexibility index (Phi) is 11.7. The first-order valence-corrected chi connectivity index (χ1v) is 11.5. The lowest BCUT2D eigenvalue weighted by Crippen LogP contribution is -1.95. The molecule has 0 N–H and O–H groups in total. The first-order chi connectivity index (χ1) is 15.6. The molecule has 1 nitrogen and oxygen atoms in total. The number of allylic oxidation sites excluding steroid dienone is 2. The molecule has 0 unspecified atom stereocenters. The summed E-state index contributed by atoms with van der Waals surface area (Å²) in [5.74, 6) is 8.11. The number of aryl methyl sites for hydroxylation is 1. The molecule has 0 atom stereocenters. The van der Waals surface area contributed by atoms with Gasteiger partial charge in [-0.25, -0.2) is 0 Å². The lowest BCUT2D eigenvalue weighted by molar-refractivity contribution is 0.309. The summed E-state index contributed by atoms with van der Waals surface area (Å²) in [6, 6.07) is 14.7. The van der Waals surface area contributed by atoms with Gasteiger partial charge in [0.05, 0.1) is 6.61 Å². The number of hydrogen-bond donors (Lipinski definition) is 0. The summed E-state index contributed by atoms with van der Waals surface area (Å²) < 4.78 is 33.5. The average molecular weight is 435 g/mol. The van der Waals surface area contributed by atoms with Gasteiger partial charge in [-0.05, 0) is 73.1 Å². The van der Waals surface area contributed by atoms with Gasteiger partial charge in [-0.1, -0.05) is 69.9 Å². The standard InChI is InChI=1S/C29H32F2O/c1-3-5-7-8-9-10-24-11-13-25(14-12-24)17-21-28(30)29(31)22-18-26-15-19-27(20-16-26)32-23-6-4-2/h11-16,19-20H,3-10,23H2,1-2H3. The van der Waals surface area contributed by atoms with Crippen molar-refractivity contribution in [3.8, 4) is 29.4 Å². The van der Waals surface area contributed by atoms with Gasteiger partial charge in [0.25, 0.3) is 0 Å². The van der Waals surface area contributed by atoms with Crippen molar-refractivity contribution in [2.75, 3.05) is 6.61 Å². The second-order valence-electron chi connectivity index (χ2n) is 7.72. The smallest absolute Gasteiger partial charge is 0.217 e. The van der Waals surface area contributed by atoms with Crippen LogP contribution in [0.25, 0.3) is 0 Å². The molecule has 0 bridgehead atoms. The lowest BCUT2D eigenvalue weighted by Gasteiger charge is -2.04. The third kappa shape index (κ3) is 9.84. The van der Waals surface area contributed by atoms with Crippen LogP contribution in [0, 0.1) is 23.7 Å². The molecule has 0 saturated heterocycles. The molecule has 2 rings (SSSR count). The fourth-order valence-corrected chi connectivity index (χ4v) is 3.02. The summed E-state index contributed by atoms with van der Waals surface area (Å²) in [5.41, 5.74) is 2.46. The van der Waals surface area contributed by atoms with Gasteiger partial charge in [-0.15, -0.1) is 0 Å². The van der Waals surface area contributed by atoms with E-state index >= 15 is 0 Å². The van der Waals surface area contributed by atoms with Gasteiger partial charge >= 0.3 is 0 Å². The SMILES string of the molecule is CCCCCCCc1ccc(C#CC(F)=C(F)C#Cc2ccc(OCCCC)cc2)cc1. The van der Waals surface area contributed by atoms with Crippen LogP contribution in [0.4, 0.5) is 8.78 Å². The molecule has 168 valence electrons. The topological polar surface area (TPSA) is 9.23 Å². The third-order valence-corrected chi connectivity index (χ3v) is 4.97. The molecular formula is C29H32F2O. The van der Waals surface area contributed by atoms with Gasteiger partial charge in [-0.3, -0.25) is 0 Å².